The van der Waals surface area contributed by atoms with E-state index in [2.05, 4.69) is 5.32 Å². The molecule has 0 aliphatic rings. The van der Waals surface area contributed by atoms with Crippen LogP contribution in [0.3, 0.4) is 0 Å². The van der Waals surface area contributed by atoms with E-state index in [0.717, 1.165) is 6.42 Å². The van der Waals surface area contributed by atoms with E-state index in [1.54, 1.807) is 31.2 Å². The van der Waals surface area contributed by atoms with Gasteiger partial charge in [-0.1, -0.05) is 13.0 Å². The van der Waals surface area contributed by atoms with E-state index in [1.165, 1.54) is 0 Å². The molecule has 0 saturated heterocycles. The molecule has 0 radical (unpaired) electrons. The van der Waals surface area contributed by atoms with Crippen molar-refractivity contribution in [2.45, 2.75) is 20.3 Å². The number of benzene rings is 1. The van der Waals surface area contributed by atoms with Gasteiger partial charge in [-0.25, -0.2) is 4.79 Å². The monoisotopic (exact) mass is 235 g/mol. The number of ether oxygens (including phenoxy) is 1. The molecule has 1 aromatic carbocycles. The van der Waals surface area contributed by atoms with Crippen LogP contribution in [0.2, 0.25) is 0 Å². The number of rotatable bonds is 5. The minimum atomic E-state index is -0.405. The molecule has 0 aromatic heterocycles. The molecule has 1 aromatic rings. The minimum absolute atomic E-state index is 0.169. The molecule has 0 aliphatic carbocycles. The quantitative estimate of drug-likeness (QED) is 0.794. The zero-order valence-corrected chi connectivity index (χ0v) is 10.2. The van der Waals surface area contributed by atoms with Crippen LogP contribution in [0.25, 0.3) is 0 Å². The van der Waals surface area contributed by atoms with Gasteiger partial charge in [-0.05, 0) is 31.5 Å². The largest absolute Gasteiger partial charge is 0.462 e. The van der Waals surface area contributed by atoms with Gasteiger partial charge in [0.05, 0.1) is 12.2 Å². The zero-order chi connectivity index (χ0) is 12.7. The van der Waals surface area contributed by atoms with Gasteiger partial charge in [0, 0.05) is 12.1 Å². The summed E-state index contributed by atoms with van der Waals surface area (Å²) < 4.78 is 4.87. The number of carbonyl (C=O) groups excluding carboxylic acids is 2. The smallest absolute Gasteiger partial charge is 0.338 e. The Morgan fingerprint density at radius 2 is 1.94 bits per heavy atom. The summed E-state index contributed by atoms with van der Waals surface area (Å²) in [6.07, 6.45) is 0.878. The van der Waals surface area contributed by atoms with Crippen LogP contribution in [-0.2, 0) is 4.74 Å². The van der Waals surface area contributed by atoms with Crippen molar-refractivity contribution in [3.05, 3.63) is 35.4 Å². The zero-order valence-electron chi connectivity index (χ0n) is 10.2. The Kier molecular flexibility index (Phi) is 5.20. The Hall–Kier alpha value is -1.84. The lowest BCUT2D eigenvalue weighted by Crippen LogP contribution is -2.24. The van der Waals surface area contributed by atoms with Crippen molar-refractivity contribution in [2.75, 3.05) is 13.2 Å². The summed E-state index contributed by atoms with van der Waals surface area (Å²) in [6.45, 7) is 4.68. The van der Waals surface area contributed by atoms with Crippen molar-refractivity contribution in [3.8, 4) is 0 Å². The molecule has 0 aliphatic heterocycles. The van der Waals surface area contributed by atoms with Gasteiger partial charge in [0.15, 0.2) is 0 Å². The van der Waals surface area contributed by atoms with Crippen LogP contribution in [0, 0.1) is 0 Å². The van der Waals surface area contributed by atoms with Gasteiger partial charge in [0.2, 0.25) is 0 Å². The summed E-state index contributed by atoms with van der Waals surface area (Å²) in [6, 6.07) is 6.53. The van der Waals surface area contributed by atoms with E-state index in [9.17, 15) is 9.59 Å². The molecule has 0 fully saturated rings. The highest BCUT2D eigenvalue weighted by atomic mass is 16.5. The predicted octanol–water partition coefficient (Wildman–Crippen LogP) is 2.00. The second-order valence-electron chi connectivity index (χ2n) is 3.56. The molecule has 1 amide bonds. The standard InChI is InChI=1S/C13H17NO3/c1-3-8-14-12(15)10-6-5-7-11(9-10)13(16)17-4-2/h5-7,9H,3-4,8H2,1-2H3,(H,14,15). The number of nitrogens with one attached hydrogen (secondary N) is 1. The van der Waals surface area contributed by atoms with E-state index < -0.39 is 5.97 Å². The summed E-state index contributed by atoms with van der Waals surface area (Å²) in [7, 11) is 0. The van der Waals surface area contributed by atoms with Crippen LogP contribution in [-0.4, -0.2) is 25.0 Å². The summed E-state index contributed by atoms with van der Waals surface area (Å²) in [4.78, 5) is 23.2. The molecule has 0 heterocycles. The third-order valence-corrected chi connectivity index (χ3v) is 2.17. The molecular weight excluding hydrogens is 218 g/mol. The maximum atomic E-state index is 11.7. The highest BCUT2D eigenvalue weighted by Crippen LogP contribution is 2.07. The average molecular weight is 235 g/mol. The maximum Gasteiger partial charge on any atom is 0.338 e. The fourth-order valence-corrected chi connectivity index (χ4v) is 1.34. The van der Waals surface area contributed by atoms with E-state index in [-0.39, 0.29) is 5.91 Å². The van der Waals surface area contributed by atoms with Crippen LogP contribution in [0.1, 0.15) is 41.0 Å². The predicted molar refractivity (Wildman–Crippen MR) is 65.0 cm³/mol. The average Bonchev–Trinajstić information content (AvgIpc) is 2.36. The van der Waals surface area contributed by atoms with Gasteiger partial charge >= 0.3 is 5.97 Å². The SMILES string of the molecule is CCCNC(=O)c1cccc(C(=O)OCC)c1. The Labute approximate surface area is 101 Å². The van der Waals surface area contributed by atoms with Crippen molar-refractivity contribution in [2.24, 2.45) is 0 Å². The van der Waals surface area contributed by atoms with Crippen molar-refractivity contribution < 1.29 is 14.3 Å². The first-order chi connectivity index (χ1) is 8.19. The first-order valence-electron chi connectivity index (χ1n) is 5.74. The molecule has 0 saturated carbocycles. The van der Waals surface area contributed by atoms with Gasteiger partial charge in [-0.3, -0.25) is 4.79 Å². The fourth-order valence-electron chi connectivity index (χ4n) is 1.34. The second kappa shape index (κ2) is 6.68. The molecule has 1 rings (SSSR count). The Morgan fingerprint density at radius 1 is 1.24 bits per heavy atom. The highest BCUT2D eigenvalue weighted by molar-refractivity contribution is 5.97. The molecule has 0 bridgehead atoms. The van der Waals surface area contributed by atoms with E-state index >= 15 is 0 Å². The molecule has 4 nitrogen and oxygen atoms in total. The molecule has 4 heteroatoms. The normalized spacial score (nSPS) is 9.76. The Balaban J connectivity index is 2.78. The van der Waals surface area contributed by atoms with Crippen LogP contribution in [0.4, 0.5) is 0 Å². The minimum Gasteiger partial charge on any atom is -0.462 e. The van der Waals surface area contributed by atoms with Crippen molar-refractivity contribution in [1.82, 2.24) is 5.32 Å². The Bertz CT molecular complexity index is 401. The van der Waals surface area contributed by atoms with Crippen molar-refractivity contribution in [3.63, 3.8) is 0 Å². The number of amides is 1. The number of esters is 1. The Morgan fingerprint density at radius 3 is 2.59 bits per heavy atom. The first-order valence-corrected chi connectivity index (χ1v) is 5.74. The number of hydrogen-bond donors (Lipinski definition) is 1. The van der Waals surface area contributed by atoms with Gasteiger partial charge in [0.25, 0.3) is 5.91 Å². The summed E-state index contributed by atoms with van der Waals surface area (Å²) >= 11 is 0. The molecule has 17 heavy (non-hydrogen) atoms. The number of hydrogen-bond acceptors (Lipinski definition) is 3. The topological polar surface area (TPSA) is 55.4 Å². The molecule has 0 unspecified atom stereocenters. The maximum absolute atomic E-state index is 11.7. The van der Waals surface area contributed by atoms with Crippen molar-refractivity contribution >= 4 is 11.9 Å². The fraction of sp³-hybridized carbons (Fsp3) is 0.385. The molecule has 92 valence electrons. The van der Waals surface area contributed by atoms with E-state index in [4.69, 9.17) is 4.74 Å². The van der Waals surface area contributed by atoms with Crippen LogP contribution < -0.4 is 5.32 Å². The van der Waals surface area contributed by atoms with Gasteiger partial charge in [-0.15, -0.1) is 0 Å². The molecule has 0 atom stereocenters. The van der Waals surface area contributed by atoms with Crippen molar-refractivity contribution in [1.29, 1.82) is 0 Å². The summed E-state index contributed by atoms with van der Waals surface area (Å²) in [5.74, 6) is -0.573. The lowest BCUT2D eigenvalue weighted by Gasteiger charge is -2.05. The third-order valence-electron chi connectivity index (χ3n) is 2.17. The van der Waals surface area contributed by atoms with Gasteiger partial charge in [-0.2, -0.15) is 0 Å². The second-order valence-corrected chi connectivity index (χ2v) is 3.56. The molecule has 0 spiro atoms. The first kappa shape index (κ1) is 13.2. The lowest BCUT2D eigenvalue weighted by molar-refractivity contribution is 0.0526. The van der Waals surface area contributed by atoms with Gasteiger partial charge < -0.3 is 10.1 Å². The highest BCUT2D eigenvalue weighted by Gasteiger charge is 2.10. The summed E-state index contributed by atoms with van der Waals surface area (Å²) in [5.41, 5.74) is 0.875. The van der Waals surface area contributed by atoms with E-state index in [1.807, 2.05) is 6.92 Å². The molecular formula is C13H17NO3. The van der Waals surface area contributed by atoms with Crippen LogP contribution in [0.15, 0.2) is 24.3 Å². The molecule has 1 N–H and O–H groups in total. The van der Waals surface area contributed by atoms with Crippen LogP contribution >= 0.6 is 0 Å². The van der Waals surface area contributed by atoms with E-state index in [0.29, 0.717) is 24.3 Å². The van der Waals surface area contributed by atoms with Gasteiger partial charge in [0.1, 0.15) is 0 Å². The third kappa shape index (κ3) is 3.90. The van der Waals surface area contributed by atoms with Crippen LogP contribution in [0.5, 0.6) is 0 Å². The summed E-state index contributed by atoms with van der Waals surface area (Å²) in [5, 5.41) is 2.76. The number of carbonyl (C=O) groups is 2. The lowest BCUT2D eigenvalue weighted by atomic mass is 10.1.